The maximum absolute atomic E-state index is 12.5. The van der Waals surface area contributed by atoms with Crippen LogP contribution in [0, 0.1) is 5.41 Å². The van der Waals surface area contributed by atoms with Crippen LogP contribution in [0.3, 0.4) is 0 Å². The fourth-order valence-electron chi connectivity index (χ4n) is 1.31. The topological polar surface area (TPSA) is 34.1 Å². The van der Waals surface area contributed by atoms with Crippen LogP contribution in [0.25, 0.3) is 0 Å². The summed E-state index contributed by atoms with van der Waals surface area (Å²) >= 11 is 0. The largest absolute Gasteiger partial charge is 0.418 e. The van der Waals surface area contributed by atoms with Gasteiger partial charge in [-0.2, -0.15) is 35.1 Å². The minimum absolute atomic E-state index is 2.97. The molecule has 0 aromatic carbocycles. The van der Waals surface area contributed by atoms with E-state index in [-0.39, 0.29) is 0 Å². The molecule has 2 nitrogen and oxygen atoms in total. The summed E-state index contributed by atoms with van der Waals surface area (Å²) in [5.74, 6) is -12.5. The summed E-state index contributed by atoms with van der Waals surface area (Å²) in [5, 5.41) is 0. The van der Waals surface area contributed by atoms with Crippen LogP contribution < -0.4 is 0 Å². The molecule has 17 heavy (non-hydrogen) atoms. The summed E-state index contributed by atoms with van der Waals surface area (Å²) in [6, 6.07) is 0. The summed E-state index contributed by atoms with van der Waals surface area (Å²) in [7, 11) is 0. The van der Waals surface area contributed by atoms with Crippen molar-refractivity contribution in [2.45, 2.75) is 12.4 Å². The van der Waals surface area contributed by atoms with Crippen LogP contribution in [0.1, 0.15) is 0 Å². The molecule has 0 aromatic heterocycles. The number of ketones is 2. The summed E-state index contributed by atoms with van der Waals surface area (Å²) < 4.78 is 98.3. The van der Waals surface area contributed by atoms with Gasteiger partial charge in [-0.15, -0.1) is 0 Å². The molecule has 96 valence electrons. The molecule has 0 unspecified atom stereocenters. The molecule has 0 spiro atoms. The van der Waals surface area contributed by atoms with E-state index < -0.39 is 41.0 Å². The van der Waals surface area contributed by atoms with Gasteiger partial charge < -0.3 is 0 Å². The average molecular weight is 268 g/mol. The molecule has 0 heterocycles. The lowest BCUT2D eigenvalue weighted by Crippen LogP contribution is -2.58. The maximum atomic E-state index is 12.5. The van der Waals surface area contributed by atoms with E-state index in [1.54, 1.807) is 0 Å². The Morgan fingerprint density at radius 1 is 0.706 bits per heavy atom. The third-order valence-corrected chi connectivity index (χ3v) is 2.12. The highest BCUT2D eigenvalue weighted by Crippen LogP contribution is 2.57. The maximum Gasteiger partial charge on any atom is 0.418 e. The number of allylic oxidation sites excluding steroid dienone is 2. The summed E-state index contributed by atoms with van der Waals surface area (Å²) in [6.45, 7) is 0. The van der Waals surface area contributed by atoms with E-state index in [0.717, 1.165) is 0 Å². The van der Waals surface area contributed by atoms with Crippen molar-refractivity contribution in [2.24, 2.45) is 5.41 Å². The normalized spacial score (nSPS) is 21.4. The van der Waals surface area contributed by atoms with Gasteiger partial charge >= 0.3 is 12.4 Å². The Bertz CT molecular complexity index is 386. The molecule has 0 aliphatic heterocycles. The van der Waals surface area contributed by atoms with E-state index in [1.165, 1.54) is 0 Å². The van der Waals surface area contributed by atoms with Crippen molar-refractivity contribution in [3.05, 3.63) is 11.7 Å². The van der Waals surface area contributed by atoms with Crippen molar-refractivity contribution < 1.29 is 44.7 Å². The molecule has 0 saturated carbocycles. The van der Waals surface area contributed by atoms with Crippen molar-refractivity contribution >= 4 is 11.6 Å². The molecule has 0 saturated heterocycles. The highest BCUT2D eigenvalue weighted by Gasteiger charge is 2.83. The molecule has 0 N–H and O–H groups in total. The van der Waals surface area contributed by atoms with Crippen LogP contribution in [0.4, 0.5) is 35.1 Å². The standard InChI is InChI=1S/C7F8O2/c8-1-2(9)4(17)5(3(1)16,6(10,11)12)7(13,14)15. The van der Waals surface area contributed by atoms with Gasteiger partial charge in [0.15, 0.2) is 0 Å². The molecule has 0 fully saturated rings. The Balaban J connectivity index is 3.63. The zero-order chi connectivity index (χ0) is 13.8. The molecule has 1 aliphatic rings. The first kappa shape index (κ1) is 13.6. The van der Waals surface area contributed by atoms with Crippen LogP contribution >= 0.6 is 0 Å². The second-order valence-corrected chi connectivity index (χ2v) is 3.03. The molecule has 1 rings (SSSR count). The quantitative estimate of drug-likeness (QED) is 0.499. The number of rotatable bonds is 0. The van der Waals surface area contributed by atoms with Gasteiger partial charge in [-0.25, -0.2) is 0 Å². The van der Waals surface area contributed by atoms with E-state index in [1.807, 2.05) is 0 Å². The summed E-state index contributed by atoms with van der Waals surface area (Å²) in [5.41, 5.74) is -5.67. The Kier molecular flexibility index (Phi) is 2.61. The molecule has 0 atom stereocenters. The molecular weight excluding hydrogens is 268 g/mol. The van der Waals surface area contributed by atoms with E-state index in [4.69, 9.17) is 0 Å². The van der Waals surface area contributed by atoms with E-state index >= 15 is 0 Å². The smallest absolute Gasteiger partial charge is 0.290 e. The summed E-state index contributed by atoms with van der Waals surface area (Å²) in [4.78, 5) is 21.2. The zero-order valence-corrected chi connectivity index (χ0v) is 7.34. The van der Waals surface area contributed by atoms with Crippen molar-refractivity contribution in [1.82, 2.24) is 0 Å². The van der Waals surface area contributed by atoms with Crippen molar-refractivity contribution in [3.63, 3.8) is 0 Å². The van der Waals surface area contributed by atoms with Gasteiger partial charge in [0.05, 0.1) is 0 Å². The van der Waals surface area contributed by atoms with Crippen LogP contribution in [0.5, 0.6) is 0 Å². The molecular formula is C7F8O2. The lowest BCUT2D eigenvalue weighted by molar-refractivity contribution is -0.307. The van der Waals surface area contributed by atoms with Gasteiger partial charge in [0.1, 0.15) is 0 Å². The second kappa shape index (κ2) is 3.26. The number of hydrogen-bond acceptors (Lipinski definition) is 2. The number of Topliss-reactive ketones (excluding diaryl/α,β-unsaturated/α-hetero) is 2. The van der Waals surface area contributed by atoms with Crippen LogP contribution in [-0.4, -0.2) is 23.9 Å². The number of carbonyl (C=O) groups is 2. The van der Waals surface area contributed by atoms with Crippen LogP contribution in [0.2, 0.25) is 0 Å². The monoisotopic (exact) mass is 268 g/mol. The highest BCUT2D eigenvalue weighted by atomic mass is 19.4. The van der Waals surface area contributed by atoms with Gasteiger partial charge in [-0.1, -0.05) is 0 Å². The van der Waals surface area contributed by atoms with E-state index in [9.17, 15) is 44.7 Å². The predicted octanol–water partition coefficient (Wildman–Crippen LogP) is 2.40. The zero-order valence-electron chi connectivity index (χ0n) is 7.34. The first-order chi connectivity index (χ1) is 7.39. The number of alkyl halides is 6. The van der Waals surface area contributed by atoms with Crippen molar-refractivity contribution in [3.8, 4) is 0 Å². The highest BCUT2D eigenvalue weighted by molar-refractivity contribution is 6.27. The Labute approximate surface area is 86.9 Å². The lowest BCUT2D eigenvalue weighted by atomic mass is 9.81. The lowest BCUT2D eigenvalue weighted by Gasteiger charge is -2.29. The fraction of sp³-hybridized carbons (Fsp3) is 0.429. The van der Waals surface area contributed by atoms with E-state index in [2.05, 4.69) is 0 Å². The van der Waals surface area contributed by atoms with Gasteiger partial charge in [0.25, 0.3) is 5.41 Å². The number of hydrogen-bond donors (Lipinski definition) is 0. The van der Waals surface area contributed by atoms with Crippen LogP contribution in [-0.2, 0) is 9.59 Å². The SMILES string of the molecule is O=C1C(F)=C(F)C(=O)C1(C(F)(F)F)C(F)(F)F. The summed E-state index contributed by atoms with van der Waals surface area (Å²) in [6.07, 6.45) is -13.0. The predicted molar refractivity (Wildman–Crippen MR) is 33.8 cm³/mol. The molecule has 0 amide bonds. The minimum atomic E-state index is -6.48. The van der Waals surface area contributed by atoms with E-state index in [0.29, 0.717) is 0 Å². The molecule has 10 heteroatoms. The molecule has 1 aliphatic carbocycles. The van der Waals surface area contributed by atoms with Gasteiger partial charge in [0.2, 0.25) is 23.2 Å². The van der Waals surface area contributed by atoms with Gasteiger partial charge in [-0.3, -0.25) is 9.59 Å². The molecule has 0 radical (unpaired) electrons. The molecule has 0 bridgehead atoms. The van der Waals surface area contributed by atoms with Crippen LogP contribution in [0.15, 0.2) is 11.7 Å². The number of carbonyl (C=O) groups excluding carboxylic acids is 2. The molecule has 0 aromatic rings. The first-order valence-electron chi connectivity index (χ1n) is 3.67. The second-order valence-electron chi connectivity index (χ2n) is 3.03. The third-order valence-electron chi connectivity index (χ3n) is 2.12. The first-order valence-corrected chi connectivity index (χ1v) is 3.67. The Hall–Kier alpha value is -1.48. The van der Waals surface area contributed by atoms with Gasteiger partial charge in [-0.05, 0) is 0 Å². The average Bonchev–Trinajstić information content (AvgIpc) is 2.26. The third kappa shape index (κ3) is 1.39. The van der Waals surface area contributed by atoms with Crippen molar-refractivity contribution in [2.75, 3.05) is 0 Å². The number of halogens is 8. The Morgan fingerprint density at radius 3 is 1.06 bits per heavy atom. The Morgan fingerprint density at radius 2 is 0.941 bits per heavy atom. The minimum Gasteiger partial charge on any atom is -0.290 e. The fourth-order valence-corrected chi connectivity index (χ4v) is 1.31. The van der Waals surface area contributed by atoms with Crippen molar-refractivity contribution in [1.29, 1.82) is 0 Å². The van der Waals surface area contributed by atoms with Gasteiger partial charge in [0, 0.05) is 0 Å².